The number of carbonyl (C=O) groups excluding carboxylic acids is 2. The zero-order valence-corrected chi connectivity index (χ0v) is 22.3. The SMILES string of the molecule is CC(C)(C)c1cc(-c2ccc(Cl)cc2)nc2cc(C(=O)N3CCN(c4cccnc4)C(=O)C3(C)C)oc12. The molecule has 2 amide bonds. The predicted octanol–water partition coefficient (Wildman–Crippen LogP) is 6.11. The molecule has 37 heavy (non-hydrogen) atoms. The van der Waals surface area contributed by atoms with E-state index in [2.05, 4.69) is 25.8 Å². The Balaban J connectivity index is 1.52. The topological polar surface area (TPSA) is 79.5 Å². The smallest absolute Gasteiger partial charge is 0.290 e. The quantitative estimate of drug-likeness (QED) is 0.328. The maximum Gasteiger partial charge on any atom is 0.290 e. The Bertz CT molecular complexity index is 1490. The summed E-state index contributed by atoms with van der Waals surface area (Å²) in [5.41, 5.74) is 3.19. The Hall–Kier alpha value is -3.71. The van der Waals surface area contributed by atoms with Crippen molar-refractivity contribution >= 4 is 40.2 Å². The van der Waals surface area contributed by atoms with E-state index in [4.69, 9.17) is 21.0 Å². The van der Waals surface area contributed by atoms with Crippen molar-refractivity contribution in [3.8, 4) is 11.3 Å². The molecule has 4 heterocycles. The minimum absolute atomic E-state index is 0.164. The van der Waals surface area contributed by atoms with Gasteiger partial charge in [0.2, 0.25) is 0 Å². The number of amides is 2. The fourth-order valence-corrected chi connectivity index (χ4v) is 4.85. The van der Waals surface area contributed by atoms with Gasteiger partial charge in [-0.05, 0) is 49.6 Å². The maximum atomic E-state index is 13.7. The molecule has 0 atom stereocenters. The van der Waals surface area contributed by atoms with Crippen molar-refractivity contribution in [2.24, 2.45) is 0 Å². The molecule has 1 aromatic carbocycles. The zero-order chi connectivity index (χ0) is 26.5. The number of halogens is 1. The van der Waals surface area contributed by atoms with Crippen LogP contribution in [0.25, 0.3) is 22.4 Å². The number of hydrogen-bond acceptors (Lipinski definition) is 5. The number of aromatic nitrogens is 2. The Labute approximate surface area is 221 Å². The predicted molar refractivity (Wildman–Crippen MR) is 145 cm³/mol. The summed E-state index contributed by atoms with van der Waals surface area (Å²) in [6.45, 7) is 10.5. The van der Waals surface area contributed by atoms with Gasteiger partial charge in [0.15, 0.2) is 11.3 Å². The number of carbonyl (C=O) groups is 2. The molecule has 3 aromatic heterocycles. The van der Waals surface area contributed by atoms with Gasteiger partial charge in [-0.3, -0.25) is 14.6 Å². The third-order valence-electron chi connectivity index (χ3n) is 6.83. The zero-order valence-electron chi connectivity index (χ0n) is 21.6. The van der Waals surface area contributed by atoms with Crippen LogP contribution in [-0.2, 0) is 10.2 Å². The summed E-state index contributed by atoms with van der Waals surface area (Å²) in [6, 6.07) is 14.8. The number of rotatable bonds is 3. The minimum Gasteiger partial charge on any atom is -0.449 e. The van der Waals surface area contributed by atoms with Gasteiger partial charge in [0.1, 0.15) is 11.1 Å². The molecular formula is C29H29ClN4O3. The minimum atomic E-state index is -1.07. The Morgan fingerprint density at radius 1 is 1.08 bits per heavy atom. The second-order valence-electron chi connectivity index (χ2n) is 10.8. The molecule has 0 N–H and O–H groups in total. The molecule has 0 unspecified atom stereocenters. The number of furan rings is 1. The lowest BCUT2D eigenvalue weighted by Crippen LogP contribution is -2.64. The first-order chi connectivity index (χ1) is 17.5. The highest BCUT2D eigenvalue weighted by Crippen LogP contribution is 2.36. The fourth-order valence-electron chi connectivity index (χ4n) is 4.73. The van der Waals surface area contributed by atoms with Crippen LogP contribution in [0.4, 0.5) is 5.69 Å². The van der Waals surface area contributed by atoms with Crippen molar-refractivity contribution < 1.29 is 14.0 Å². The highest BCUT2D eigenvalue weighted by molar-refractivity contribution is 6.30. The van der Waals surface area contributed by atoms with E-state index in [1.54, 1.807) is 48.2 Å². The lowest BCUT2D eigenvalue weighted by atomic mass is 9.86. The Morgan fingerprint density at radius 2 is 1.81 bits per heavy atom. The number of piperazine rings is 1. The lowest BCUT2D eigenvalue weighted by Gasteiger charge is -2.45. The highest BCUT2D eigenvalue weighted by atomic mass is 35.5. The number of pyridine rings is 2. The monoisotopic (exact) mass is 516 g/mol. The molecule has 190 valence electrons. The van der Waals surface area contributed by atoms with Crippen molar-refractivity contribution in [3.05, 3.63) is 77.3 Å². The van der Waals surface area contributed by atoms with Crippen LogP contribution in [-0.4, -0.2) is 45.3 Å². The van der Waals surface area contributed by atoms with E-state index in [0.29, 0.717) is 34.9 Å². The normalized spacial score (nSPS) is 15.9. The van der Waals surface area contributed by atoms with Crippen LogP contribution in [0.5, 0.6) is 0 Å². The van der Waals surface area contributed by atoms with Crippen LogP contribution in [0.15, 0.2) is 65.3 Å². The molecule has 0 saturated carbocycles. The largest absolute Gasteiger partial charge is 0.449 e. The Morgan fingerprint density at radius 3 is 2.46 bits per heavy atom. The number of fused-ring (bicyclic) bond motifs is 1. The molecule has 1 aliphatic heterocycles. The first-order valence-electron chi connectivity index (χ1n) is 12.2. The van der Waals surface area contributed by atoms with Crippen LogP contribution >= 0.6 is 11.6 Å². The van der Waals surface area contributed by atoms with E-state index in [-0.39, 0.29) is 23.0 Å². The first-order valence-corrected chi connectivity index (χ1v) is 12.6. The second kappa shape index (κ2) is 8.99. The lowest BCUT2D eigenvalue weighted by molar-refractivity contribution is -0.129. The summed E-state index contributed by atoms with van der Waals surface area (Å²) in [7, 11) is 0. The molecule has 1 saturated heterocycles. The standard InChI is InChI=1S/C29H29ClN4O3/c1-28(2,3)21-15-22(18-8-10-19(30)11-9-18)32-23-16-24(37-25(21)23)26(35)34-14-13-33(27(36)29(34,4)5)20-7-6-12-31-17-20/h6-12,15-17H,13-14H2,1-5H3. The van der Waals surface area contributed by atoms with Crippen LogP contribution in [0, 0.1) is 0 Å². The van der Waals surface area contributed by atoms with Crippen LogP contribution < -0.4 is 4.90 Å². The van der Waals surface area contributed by atoms with E-state index in [9.17, 15) is 9.59 Å². The summed E-state index contributed by atoms with van der Waals surface area (Å²) >= 11 is 6.08. The van der Waals surface area contributed by atoms with Crippen molar-refractivity contribution in [2.75, 3.05) is 18.0 Å². The summed E-state index contributed by atoms with van der Waals surface area (Å²) in [6.07, 6.45) is 3.32. The van der Waals surface area contributed by atoms with Gasteiger partial charge in [-0.15, -0.1) is 0 Å². The number of hydrogen-bond donors (Lipinski definition) is 0. The molecule has 7 nitrogen and oxygen atoms in total. The van der Waals surface area contributed by atoms with Gasteiger partial charge in [0.25, 0.3) is 11.8 Å². The molecule has 0 bridgehead atoms. The molecule has 1 fully saturated rings. The van der Waals surface area contributed by atoms with E-state index < -0.39 is 5.54 Å². The Kier molecular flexibility index (Phi) is 6.07. The molecule has 8 heteroatoms. The van der Waals surface area contributed by atoms with Gasteiger partial charge in [0.05, 0.1) is 17.6 Å². The summed E-state index contributed by atoms with van der Waals surface area (Å²) in [5.74, 6) is -0.346. The van der Waals surface area contributed by atoms with E-state index >= 15 is 0 Å². The number of anilines is 1. The van der Waals surface area contributed by atoms with Gasteiger partial charge in [-0.1, -0.05) is 44.5 Å². The first kappa shape index (κ1) is 25.0. The van der Waals surface area contributed by atoms with Crippen molar-refractivity contribution in [3.63, 3.8) is 0 Å². The molecule has 0 aliphatic carbocycles. The number of nitrogens with zero attached hydrogens (tertiary/aromatic N) is 4. The summed E-state index contributed by atoms with van der Waals surface area (Å²) in [5, 5.41) is 0.651. The van der Waals surface area contributed by atoms with E-state index in [1.165, 1.54) is 0 Å². The molecule has 4 aromatic rings. The molecule has 5 rings (SSSR count). The van der Waals surface area contributed by atoms with E-state index in [0.717, 1.165) is 16.8 Å². The summed E-state index contributed by atoms with van der Waals surface area (Å²) in [4.78, 5) is 39.4. The average Bonchev–Trinajstić information content (AvgIpc) is 3.29. The van der Waals surface area contributed by atoms with Crippen LogP contribution in [0.1, 0.15) is 50.7 Å². The van der Waals surface area contributed by atoms with Crippen LogP contribution in [0.3, 0.4) is 0 Å². The average molecular weight is 517 g/mol. The van der Waals surface area contributed by atoms with Gasteiger partial charge >= 0.3 is 0 Å². The van der Waals surface area contributed by atoms with Gasteiger partial charge in [-0.25, -0.2) is 4.98 Å². The second-order valence-corrected chi connectivity index (χ2v) is 11.3. The highest BCUT2D eigenvalue weighted by Gasteiger charge is 2.45. The van der Waals surface area contributed by atoms with Gasteiger partial charge in [-0.2, -0.15) is 0 Å². The third kappa shape index (κ3) is 4.48. The maximum absolute atomic E-state index is 13.7. The van der Waals surface area contributed by atoms with Crippen molar-refractivity contribution in [1.82, 2.24) is 14.9 Å². The number of benzene rings is 1. The fraction of sp³-hybridized carbons (Fsp3) is 0.310. The molecular weight excluding hydrogens is 488 g/mol. The molecule has 1 aliphatic rings. The van der Waals surface area contributed by atoms with E-state index in [1.807, 2.05) is 36.4 Å². The van der Waals surface area contributed by atoms with Crippen molar-refractivity contribution in [1.29, 1.82) is 0 Å². The van der Waals surface area contributed by atoms with Gasteiger partial charge in [0, 0.05) is 41.5 Å². The summed E-state index contributed by atoms with van der Waals surface area (Å²) < 4.78 is 6.18. The third-order valence-corrected chi connectivity index (χ3v) is 7.08. The van der Waals surface area contributed by atoms with Gasteiger partial charge < -0.3 is 14.2 Å². The molecule has 0 spiro atoms. The molecule has 0 radical (unpaired) electrons. The van der Waals surface area contributed by atoms with Crippen molar-refractivity contribution in [2.45, 2.75) is 45.6 Å². The van der Waals surface area contributed by atoms with Crippen LogP contribution in [0.2, 0.25) is 5.02 Å².